The monoisotopic (exact) mass is 336 g/mol. The predicted octanol–water partition coefficient (Wildman–Crippen LogP) is 2.46. The van der Waals surface area contributed by atoms with Gasteiger partial charge in [-0.25, -0.2) is 0 Å². The van der Waals surface area contributed by atoms with Gasteiger partial charge < -0.3 is 14.1 Å². The van der Waals surface area contributed by atoms with Gasteiger partial charge in [-0.2, -0.15) is 0 Å². The van der Waals surface area contributed by atoms with Crippen LogP contribution >= 0.6 is 11.6 Å². The molecule has 0 saturated carbocycles. The summed E-state index contributed by atoms with van der Waals surface area (Å²) in [7, 11) is 0. The number of carbonyl (C=O) groups excluding carboxylic acids is 1. The van der Waals surface area contributed by atoms with E-state index in [0.717, 1.165) is 0 Å². The van der Waals surface area contributed by atoms with Gasteiger partial charge in [0.15, 0.2) is 0 Å². The third-order valence-corrected chi connectivity index (χ3v) is 3.93. The average molecular weight is 337 g/mol. The second-order valence-electron chi connectivity index (χ2n) is 5.58. The van der Waals surface area contributed by atoms with Crippen LogP contribution in [0.4, 0.5) is 0 Å². The first-order valence-electron chi connectivity index (χ1n) is 7.39. The van der Waals surface area contributed by atoms with Crippen LogP contribution in [-0.2, 0) is 4.74 Å². The normalized spacial score (nSPS) is 18.4. The van der Waals surface area contributed by atoms with Gasteiger partial charge in [-0.05, 0) is 6.07 Å². The van der Waals surface area contributed by atoms with Crippen molar-refractivity contribution in [2.24, 2.45) is 0 Å². The van der Waals surface area contributed by atoms with Crippen LogP contribution in [0.3, 0.4) is 0 Å². The van der Waals surface area contributed by atoms with Crippen molar-refractivity contribution in [3.63, 3.8) is 0 Å². The maximum atomic E-state index is 12.8. The molecule has 0 spiro atoms. The molecular formula is C15H17ClN4O3. The second kappa shape index (κ2) is 6.64. The smallest absolute Gasteiger partial charge is 0.256 e. The van der Waals surface area contributed by atoms with E-state index in [1.165, 1.54) is 12.4 Å². The molecule has 122 valence electrons. The van der Waals surface area contributed by atoms with Gasteiger partial charge in [0.1, 0.15) is 6.04 Å². The van der Waals surface area contributed by atoms with Crippen LogP contribution in [0.5, 0.6) is 0 Å². The van der Waals surface area contributed by atoms with Crippen LogP contribution in [-0.4, -0.2) is 45.7 Å². The van der Waals surface area contributed by atoms with Crippen LogP contribution in [0.25, 0.3) is 0 Å². The predicted molar refractivity (Wildman–Crippen MR) is 82.2 cm³/mol. The highest BCUT2D eigenvalue weighted by molar-refractivity contribution is 6.33. The summed E-state index contributed by atoms with van der Waals surface area (Å²) >= 11 is 6.09. The Hall–Kier alpha value is -1.99. The summed E-state index contributed by atoms with van der Waals surface area (Å²) in [6.45, 7) is 5.13. The highest BCUT2D eigenvalue weighted by atomic mass is 35.5. The lowest BCUT2D eigenvalue weighted by Crippen LogP contribution is -2.43. The number of carbonyl (C=O) groups is 1. The zero-order chi connectivity index (χ0) is 16.4. The van der Waals surface area contributed by atoms with Crippen LogP contribution in [0.2, 0.25) is 5.02 Å². The van der Waals surface area contributed by atoms with Gasteiger partial charge >= 0.3 is 0 Å². The quantitative estimate of drug-likeness (QED) is 0.856. The lowest BCUT2D eigenvalue weighted by atomic mass is 10.1. The fourth-order valence-electron chi connectivity index (χ4n) is 2.37. The fourth-order valence-corrected chi connectivity index (χ4v) is 2.57. The van der Waals surface area contributed by atoms with Crippen molar-refractivity contribution in [3.8, 4) is 0 Å². The molecule has 0 aliphatic carbocycles. The molecule has 0 radical (unpaired) electrons. The van der Waals surface area contributed by atoms with E-state index in [9.17, 15) is 4.79 Å². The number of halogens is 1. The third-order valence-electron chi connectivity index (χ3n) is 3.63. The summed E-state index contributed by atoms with van der Waals surface area (Å²) < 4.78 is 11.2. The summed E-state index contributed by atoms with van der Waals surface area (Å²) in [5, 5.41) is 8.42. The molecule has 3 heterocycles. The molecule has 23 heavy (non-hydrogen) atoms. The van der Waals surface area contributed by atoms with Gasteiger partial charge in [-0.3, -0.25) is 9.78 Å². The van der Waals surface area contributed by atoms with Crippen molar-refractivity contribution >= 4 is 17.5 Å². The number of morpholine rings is 1. The van der Waals surface area contributed by atoms with Crippen molar-refractivity contribution in [1.29, 1.82) is 0 Å². The number of pyridine rings is 1. The first-order valence-corrected chi connectivity index (χ1v) is 7.77. The Bertz CT molecular complexity index is 704. The zero-order valence-corrected chi connectivity index (χ0v) is 13.7. The fraction of sp³-hybridized carbons (Fsp3) is 0.467. The topological polar surface area (TPSA) is 81.4 Å². The molecule has 7 nitrogen and oxygen atoms in total. The molecule has 1 saturated heterocycles. The summed E-state index contributed by atoms with van der Waals surface area (Å²) in [6, 6.07) is 1.19. The van der Waals surface area contributed by atoms with Crippen molar-refractivity contribution in [2.45, 2.75) is 25.8 Å². The number of hydrogen-bond acceptors (Lipinski definition) is 6. The Labute approximate surface area is 138 Å². The van der Waals surface area contributed by atoms with Crippen LogP contribution < -0.4 is 0 Å². The van der Waals surface area contributed by atoms with E-state index in [1.807, 2.05) is 13.8 Å². The molecule has 1 aliphatic heterocycles. The van der Waals surface area contributed by atoms with E-state index in [-0.39, 0.29) is 11.8 Å². The van der Waals surface area contributed by atoms with E-state index < -0.39 is 6.04 Å². The van der Waals surface area contributed by atoms with E-state index in [1.54, 1.807) is 11.0 Å². The van der Waals surface area contributed by atoms with E-state index in [0.29, 0.717) is 42.1 Å². The Morgan fingerprint density at radius 3 is 2.96 bits per heavy atom. The molecule has 0 bridgehead atoms. The lowest BCUT2D eigenvalue weighted by Gasteiger charge is -2.33. The molecule has 1 fully saturated rings. The van der Waals surface area contributed by atoms with Crippen molar-refractivity contribution in [2.75, 3.05) is 19.8 Å². The third kappa shape index (κ3) is 3.20. The number of rotatable bonds is 3. The summed E-state index contributed by atoms with van der Waals surface area (Å²) in [5.74, 6) is 0.849. The number of aromatic nitrogens is 3. The molecular weight excluding hydrogens is 320 g/mol. The molecule has 0 N–H and O–H groups in total. The van der Waals surface area contributed by atoms with Crippen molar-refractivity contribution < 1.29 is 13.9 Å². The molecule has 1 atom stereocenters. The van der Waals surface area contributed by atoms with Crippen molar-refractivity contribution in [1.82, 2.24) is 20.1 Å². The first-order chi connectivity index (χ1) is 11.1. The van der Waals surface area contributed by atoms with Gasteiger partial charge in [0, 0.05) is 24.9 Å². The average Bonchev–Trinajstić information content (AvgIpc) is 3.05. The molecule has 2 aromatic heterocycles. The largest absolute Gasteiger partial charge is 0.423 e. The summed E-state index contributed by atoms with van der Waals surface area (Å²) in [6.07, 6.45) is 2.99. The molecule has 0 unspecified atom stereocenters. The van der Waals surface area contributed by atoms with Gasteiger partial charge in [0.25, 0.3) is 5.91 Å². The van der Waals surface area contributed by atoms with Gasteiger partial charge in [0.2, 0.25) is 11.8 Å². The molecule has 0 aromatic carbocycles. The summed E-state index contributed by atoms with van der Waals surface area (Å²) in [4.78, 5) is 18.4. The van der Waals surface area contributed by atoms with Crippen LogP contribution in [0, 0.1) is 0 Å². The number of ether oxygens (including phenoxy) is 1. The highest BCUT2D eigenvalue weighted by Crippen LogP contribution is 2.28. The molecule has 3 rings (SSSR count). The maximum Gasteiger partial charge on any atom is 0.256 e. The number of nitrogens with zero attached hydrogens (tertiary/aromatic N) is 4. The van der Waals surface area contributed by atoms with Crippen molar-refractivity contribution in [3.05, 3.63) is 40.8 Å². The molecule has 8 heteroatoms. The minimum atomic E-state index is -0.416. The SMILES string of the molecule is CC(C)c1nnc([C@@H]2COCCN2C(=O)c2ccncc2Cl)o1. The second-order valence-corrected chi connectivity index (χ2v) is 5.99. The lowest BCUT2D eigenvalue weighted by molar-refractivity contribution is -0.0107. The van der Waals surface area contributed by atoms with E-state index in [2.05, 4.69) is 15.2 Å². The van der Waals surface area contributed by atoms with E-state index in [4.69, 9.17) is 20.8 Å². The summed E-state index contributed by atoms with van der Waals surface area (Å²) in [5.41, 5.74) is 0.400. The zero-order valence-electron chi connectivity index (χ0n) is 12.9. The minimum absolute atomic E-state index is 0.125. The molecule has 2 aromatic rings. The first kappa shape index (κ1) is 15.9. The number of hydrogen-bond donors (Lipinski definition) is 0. The van der Waals surface area contributed by atoms with Gasteiger partial charge in [0.05, 0.1) is 23.8 Å². The molecule has 1 aliphatic rings. The Morgan fingerprint density at radius 1 is 1.43 bits per heavy atom. The van der Waals surface area contributed by atoms with E-state index >= 15 is 0 Å². The minimum Gasteiger partial charge on any atom is -0.423 e. The Morgan fingerprint density at radius 2 is 2.26 bits per heavy atom. The number of amides is 1. The molecule has 1 amide bonds. The maximum absolute atomic E-state index is 12.8. The Kier molecular flexibility index (Phi) is 4.58. The highest BCUT2D eigenvalue weighted by Gasteiger charge is 2.34. The standard InChI is InChI=1S/C15H17ClN4O3/c1-9(2)13-18-19-14(23-13)12-8-22-6-5-20(12)15(21)10-3-4-17-7-11(10)16/h3-4,7,9,12H,5-6,8H2,1-2H3/t12-/m0/s1. The van der Waals surface area contributed by atoms with Gasteiger partial charge in [-0.15, -0.1) is 10.2 Å². The van der Waals surface area contributed by atoms with Crippen LogP contribution in [0.1, 0.15) is 47.9 Å². The van der Waals surface area contributed by atoms with Crippen LogP contribution in [0.15, 0.2) is 22.9 Å². The van der Waals surface area contributed by atoms with Gasteiger partial charge in [-0.1, -0.05) is 25.4 Å². The Balaban J connectivity index is 1.89.